The Kier molecular flexibility index (Phi) is 9.26. The number of nitrogens with one attached hydrogen (secondary N) is 2. The van der Waals surface area contributed by atoms with E-state index in [4.69, 9.17) is 5.26 Å². The summed E-state index contributed by atoms with van der Waals surface area (Å²) >= 11 is 0. The zero-order valence-electron chi connectivity index (χ0n) is 14.9. The third-order valence-corrected chi connectivity index (χ3v) is 4.21. The fourth-order valence-electron chi connectivity index (χ4n) is 2.58. The first-order valence-corrected chi connectivity index (χ1v) is 8.76. The molecule has 0 aliphatic rings. The van der Waals surface area contributed by atoms with E-state index in [1.54, 1.807) is 24.3 Å². The third-order valence-electron chi connectivity index (χ3n) is 4.21. The number of carbonyl (C=O) groups excluding carboxylic acids is 1. The molecule has 2 atom stereocenters. The van der Waals surface area contributed by atoms with Crippen LogP contribution in [0.25, 0.3) is 0 Å². The Bertz CT molecular complexity index is 610. The second-order valence-corrected chi connectivity index (χ2v) is 6.13. The third kappa shape index (κ3) is 7.36. The highest BCUT2D eigenvalue weighted by molar-refractivity contribution is 5.95. The van der Waals surface area contributed by atoms with E-state index in [1.165, 1.54) is 0 Å². The highest BCUT2D eigenvalue weighted by atomic mass is 16.4. The first-order valence-electron chi connectivity index (χ1n) is 8.76. The molecule has 25 heavy (non-hydrogen) atoms. The van der Waals surface area contributed by atoms with E-state index >= 15 is 0 Å². The van der Waals surface area contributed by atoms with Gasteiger partial charge in [0.25, 0.3) is 0 Å². The Labute approximate surface area is 149 Å². The normalized spacial score (nSPS) is 12.8. The highest BCUT2D eigenvalue weighted by Gasteiger charge is 2.22. The maximum absolute atomic E-state index is 12.2. The van der Waals surface area contributed by atoms with Gasteiger partial charge in [0.1, 0.15) is 12.1 Å². The lowest BCUT2D eigenvalue weighted by atomic mass is 9.99. The van der Waals surface area contributed by atoms with Gasteiger partial charge in [-0.25, -0.2) is 0 Å². The maximum atomic E-state index is 12.2. The molecule has 2 unspecified atom stereocenters. The molecule has 1 aromatic rings. The van der Waals surface area contributed by atoms with Crippen LogP contribution in [-0.2, 0) is 9.59 Å². The van der Waals surface area contributed by atoms with Gasteiger partial charge in [0.2, 0.25) is 5.91 Å². The Morgan fingerprint density at radius 1 is 1.28 bits per heavy atom. The van der Waals surface area contributed by atoms with Crippen LogP contribution < -0.4 is 10.6 Å². The number of benzene rings is 1. The summed E-state index contributed by atoms with van der Waals surface area (Å²) in [5.74, 6) is -1.07. The van der Waals surface area contributed by atoms with Gasteiger partial charge in [-0.05, 0) is 31.0 Å². The number of unbranched alkanes of at least 4 members (excludes halogenated alkanes) is 1. The average Bonchev–Trinajstić information content (AvgIpc) is 2.61. The topological polar surface area (TPSA) is 102 Å². The van der Waals surface area contributed by atoms with Gasteiger partial charge in [-0.15, -0.1) is 0 Å². The summed E-state index contributed by atoms with van der Waals surface area (Å²) < 4.78 is 0. The fourth-order valence-corrected chi connectivity index (χ4v) is 2.58. The molecule has 136 valence electrons. The number of carbonyl (C=O) groups is 2. The van der Waals surface area contributed by atoms with Crippen molar-refractivity contribution in [3.63, 3.8) is 0 Å². The molecule has 1 aromatic carbocycles. The summed E-state index contributed by atoms with van der Waals surface area (Å²) in [5.41, 5.74) is 0.745. The van der Waals surface area contributed by atoms with Crippen LogP contribution in [0.15, 0.2) is 24.3 Å². The molecule has 0 bridgehead atoms. The summed E-state index contributed by atoms with van der Waals surface area (Å²) in [6.07, 6.45) is 4.07. The second-order valence-electron chi connectivity index (χ2n) is 6.13. The van der Waals surface area contributed by atoms with Crippen LogP contribution in [0.5, 0.6) is 0 Å². The second kappa shape index (κ2) is 11.2. The van der Waals surface area contributed by atoms with E-state index in [0.29, 0.717) is 23.7 Å². The highest BCUT2D eigenvalue weighted by Crippen LogP contribution is 2.15. The number of para-hydroxylation sites is 1. The largest absolute Gasteiger partial charge is 0.480 e. The number of nitrogens with zero attached hydrogens (tertiary/aromatic N) is 1. The Balaban J connectivity index is 2.60. The van der Waals surface area contributed by atoms with Gasteiger partial charge in [0.15, 0.2) is 0 Å². The average molecular weight is 345 g/mol. The molecule has 1 amide bonds. The van der Waals surface area contributed by atoms with E-state index in [-0.39, 0.29) is 6.42 Å². The lowest BCUT2D eigenvalue weighted by Crippen LogP contribution is -2.42. The molecular weight excluding hydrogens is 318 g/mol. The molecule has 0 spiro atoms. The monoisotopic (exact) mass is 345 g/mol. The van der Waals surface area contributed by atoms with Crippen molar-refractivity contribution in [1.29, 1.82) is 5.26 Å². The van der Waals surface area contributed by atoms with Gasteiger partial charge in [-0.2, -0.15) is 5.26 Å². The number of hydrogen-bond donors (Lipinski definition) is 3. The van der Waals surface area contributed by atoms with Crippen molar-refractivity contribution in [3.8, 4) is 6.07 Å². The number of amides is 1. The minimum Gasteiger partial charge on any atom is -0.480 e. The maximum Gasteiger partial charge on any atom is 0.321 e. The summed E-state index contributed by atoms with van der Waals surface area (Å²) in [6, 6.07) is 7.70. The predicted octanol–water partition coefficient (Wildman–Crippen LogP) is 3.15. The first-order chi connectivity index (χ1) is 12.0. The van der Waals surface area contributed by atoms with Gasteiger partial charge in [0, 0.05) is 0 Å². The number of carboxylic acids is 1. The quantitative estimate of drug-likeness (QED) is 0.572. The Morgan fingerprint density at radius 2 is 2.00 bits per heavy atom. The van der Waals surface area contributed by atoms with E-state index in [9.17, 15) is 14.7 Å². The molecule has 1 rings (SSSR count). The van der Waals surface area contributed by atoms with E-state index in [2.05, 4.69) is 24.5 Å². The number of anilines is 1. The summed E-state index contributed by atoms with van der Waals surface area (Å²) in [6.45, 7) is 4.79. The lowest BCUT2D eigenvalue weighted by molar-refractivity contribution is -0.141. The van der Waals surface area contributed by atoms with Gasteiger partial charge in [0.05, 0.1) is 17.7 Å². The summed E-state index contributed by atoms with van der Waals surface area (Å²) in [4.78, 5) is 23.6. The molecule has 0 aliphatic heterocycles. The van der Waals surface area contributed by atoms with Crippen molar-refractivity contribution in [1.82, 2.24) is 5.32 Å². The van der Waals surface area contributed by atoms with Crippen molar-refractivity contribution >= 4 is 17.6 Å². The van der Waals surface area contributed by atoms with E-state index < -0.39 is 17.9 Å². The molecule has 0 radical (unpaired) electrons. The Morgan fingerprint density at radius 3 is 2.60 bits per heavy atom. The van der Waals surface area contributed by atoms with E-state index in [1.807, 2.05) is 6.07 Å². The fraction of sp³-hybridized carbons (Fsp3) is 0.526. The number of aliphatic carboxylic acids is 1. The molecule has 6 heteroatoms. The first kappa shape index (κ1) is 20.7. The van der Waals surface area contributed by atoms with Crippen molar-refractivity contribution in [3.05, 3.63) is 29.8 Å². The molecule has 0 heterocycles. The molecular formula is C19H27N3O3. The van der Waals surface area contributed by atoms with Crippen molar-refractivity contribution in [2.24, 2.45) is 5.92 Å². The van der Waals surface area contributed by atoms with Crippen molar-refractivity contribution in [2.75, 3.05) is 11.9 Å². The number of nitriles is 1. The van der Waals surface area contributed by atoms with Crippen LogP contribution in [0.3, 0.4) is 0 Å². The van der Waals surface area contributed by atoms with E-state index in [0.717, 1.165) is 25.7 Å². The predicted molar refractivity (Wildman–Crippen MR) is 97.1 cm³/mol. The number of carboxylic acid groups (broad SMARTS) is 1. The van der Waals surface area contributed by atoms with Crippen LogP contribution in [0.1, 0.15) is 51.5 Å². The minimum absolute atomic E-state index is 0.181. The number of hydrogen-bond acceptors (Lipinski definition) is 4. The lowest BCUT2D eigenvalue weighted by Gasteiger charge is -2.19. The van der Waals surface area contributed by atoms with Gasteiger partial charge in [-0.1, -0.05) is 45.2 Å². The van der Waals surface area contributed by atoms with Gasteiger partial charge < -0.3 is 15.7 Å². The molecule has 0 aromatic heterocycles. The van der Waals surface area contributed by atoms with Crippen molar-refractivity contribution < 1.29 is 14.7 Å². The smallest absolute Gasteiger partial charge is 0.321 e. The number of rotatable bonds is 11. The summed E-state index contributed by atoms with van der Waals surface area (Å²) in [5, 5.41) is 24.0. The van der Waals surface area contributed by atoms with Crippen molar-refractivity contribution in [2.45, 2.75) is 52.0 Å². The van der Waals surface area contributed by atoms with Gasteiger partial charge in [-0.3, -0.25) is 9.59 Å². The molecule has 6 nitrogen and oxygen atoms in total. The minimum atomic E-state index is -1.05. The van der Waals surface area contributed by atoms with Crippen LogP contribution in [0.2, 0.25) is 0 Å². The standard InChI is InChI=1S/C19H27N3O3/c1-3-5-8-14(4-2)13-21-17(19(24)25)11-18(23)22-16-10-7-6-9-15(16)12-20/h6-7,9-10,14,17,21H,3-5,8,11,13H2,1-2H3,(H,22,23)(H,24,25). The van der Waals surface area contributed by atoms with Crippen LogP contribution in [-0.4, -0.2) is 29.6 Å². The van der Waals surface area contributed by atoms with Crippen LogP contribution >= 0.6 is 0 Å². The Hall–Kier alpha value is -2.39. The molecule has 0 saturated carbocycles. The SMILES string of the molecule is CCCCC(CC)CNC(CC(=O)Nc1ccccc1C#N)C(=O)O. The molecule has 0 saturated heterocycles. The zero-order chi connectivity index (χ0) is 18.7. The van der Waals surface area contributed by atoms with Crippen LogP contribution in [0.4, 0.5) is 5.69 Å². The molecule has 0 aliphatic carbocycles. The molecule has 3 N–H and O–H groups in total. The van der Waals surface area contributed by atoms with Gasteiger partial charge >= 0.3 is 5.97 Å². The summed E-state index contributed by atoms with van der Waals surface area (Å²) in [7, 11) is 0. The molecule has 0 fully saturated rings. The zero-order valence-corrected chi connectivity index (χ0v) is 14.9. The van der Waals surface area contributed by atoms with Crippen LogP contribution in [0, 0.1) is 17.2 Å².